The highest BCUT2D eigenvalue weighted by atomic mass is 127. The van der Waals surface area contributed by atoms with Crippen LogP contribution >= 0.6 is 46.4 Å². The molecule has 0 unspecified atom stereocenters. The van der Waals surface area contributed by atoms with E-state index in [9.17, 15) is 4.79 Å². The number of carbonyl (C=O) groups excluding carboxylic acids is 1. The molecule has 1 aromatic carbocycles. The zero-order chi connectivity index (χ0) is 14.0. The molecule has 0 bridgehead atoms. The van der Waals surface area contributed by atoms with Gasteiger partial charge in [-0.2, -0.15) is 5.10 Å². The number of rotatable bonds is 3. The summed E-state index contributed by atoms with van der Waals surface area (Å²) in [5.41, 5.74) is 0.561. The van der Waals surface area contributed by atoms with Crippen molar-refractivity contribution in [3.05, 3.63) is 43.0 Å². The maximum atomic E-state index is 12.0. The molecule has 1 amide bonds. The summed E-state index contributed by atoms with van der Waals surface area (Å²) in [7, 11) is 1.79. The number of aromatic amines is 1. The van der Waals surface area contributed by atoms with Gasteiger partial charge in [0.05, 0.1) is 11.6 Å². The van der Waals surface area contributed by atoms with Crippen LogP contribution in [0.4, 0.5) is 0 Å². The summed E-state index contributed by atoms with van der Waals surface area (Å²) in [5.74, 6) is 0.491. The van der Waals surface area contributed by atoms with E-state index in [-0.39, 0.29) is 5.91 Å². The molecule has 5 nitrogen and oxygen atoms in total. The Morgan fingerprint density at radius 3 is 2.95 bits per heavy atom. The fraction of sp³-hybridized carbons (Fsp3) is 0.182. The first-order chi connectivity index (χ1) is 8.99. The van der Waals surface area contributed by atoms with Crippen molar-refractivity contribution in [2.24, 2.45) is 7.05 Å². The minimum Gasteiger partial charge on any atom is -0.345 e. The first kappa shape index (κ1) is 14.5. The topological polar surface area (TPSA) is 62.7 Å². The molecule has 19 heavy (non-hydrogen) atoms. The molecule has 0 saturated carbocycles. The molecule has 100 valence electrons. The van der Waals surface area contributed by atoms with Gasteiger partial charge in [-0.25, -0.2) is 0 Å². The normalized spacial score (nSPS) is 10.5. The molecular weight excluding hydrogens is 399 g/mol. The van der Waals surface area contributed by atoms with Crippen LogP contribution in [0.2, 0.25) is 5.02 Å². The lowest BCUT2D eigenvalue weighted by molar-refractivity contribution is 0.0949. The van der Waals surface area contributed by atoms with Gasteiger partial charge in [-0.15, -0.1) is 0 Å². The van der Waals surface area contributed by atoms with E-state index in [1.54, 1.807) is 29.8 Å². The van der Waals surface area contributed by atoms with Crippen LogP contribution in [0.3, 0.4) is 0 Å². The first-order valence-corrected chi connectivity index (χ1v) is 7.19. The average molecular weight is 409 g/mol. The third-order valence-electron chi connectivity index (χ3n) is 2.56. The third kappa shape index (κ3) is 3.34. The second-order valence-corrected chi connectivity index (χ2v) is 5.77. The van der Waals surface area contributed by atoms with E-state index >= 15 is 0 Å². The lowest BCUT2D eigenvalue weighted by Crippen LogP contribution is -2.24. The second kappa shape index (κ2) is 6.02. The van der Waals surface area contributed by atoms with Gasteiger partial charge in [-0.05, 0) is 53.0 Å². The van der Waals surface area contributed by atoms with Crippen molar-refractivity contribution < 1.29 is 4.79 Å². The van der Waals surface area contributed by atoms with Crippen molar-refractivity contribution >= 4 is 52.3 Å². The standard InChI is InChI=1S/C11H10ClIN4OS/c1-17-9(15-16-11(17)19)5-14-10(18)6-2-3-7(12)8(13)4-6/h2-4H,5H2,1H3,(H,14,18)(H,16,19). The van der Waals surface area contributed by atoms with Gasteiger partial charge >= 0.3 is 0 Å². The number of nitrogens with one attached hydrogen (secondary N) is 2. The number of halogens is 2. The molecule has 2 N–H and O–H groups in total. The Balaban J connectivity index is 2.07. The van der Waals surface area contributed by atoms with Crippen LogP contribution in [0, 0.1) is 8.34 Å². The van der Waals surface area contributed by atoms with Gasteiger partial charge in [-0.3, -0.25) is 9.89 Å². The zero-order valence-corrected chi connectivity index (χ0v) is 13.6. The third-order valence-corrected chi connectivity index (χ3v) is 4.47. The Morgan fingerprint density at radius 1 is 1.63 bits per heavy atom. The number of nitrogens with zero attached hydrogens (tertiary/aromatic N) is 2. The van der Waals surface area contributed by atoms with Gasteiger partial charge < -0.3 is 9.88 Å². The summed E-state index contributed by atoms with van der Waals surface area (Å²) in [6.45, 7) is 0.307. The highest BCUT2D eigenvalue weighted by Gasteiger charge is 2.09. The van der Waals surface area contributed by atoms with E-state index in [1.165, 1.54) is 0 Å². The number of benzene rings is 1. The Hall–Kier alpha value is -0.930. The summed E-state index contributed by atoms with van der Waals surface area (Å²) >= 11 is 13.0. The second-order valence-electron chi connectivity index (χ2n) is 3.82. The molecule has 2 aromatic rings. The minimum atomic E-state index is -0.177. The van der Waals surface area contributed by atoms with E-state index in [4.69, 9.17) is 23.8 Å². The van der Waals surface area contributed by atoms with Crippen LogP contribution in [0.1, 0.15) is 16.2 Å². The van der Waals surface area contributed by atoms with E-state index in [0.717, 1.165) is 3.57 Å². The summed E-state index contributed by atoms with van der Waals surface area (Å²) in [5, 5.41) is 10.1. The molecule has 1 aromatic heterocycles. The monoisotopic (exact) mass is 408 g/mol. The van der Waals surface area contributed by atoms with Crippen LogP contribution in [-0.4, -0.2) is 20.7 Å². The van der Waals surface area contributed by atoms with E-state index in [1.807, 2.05) is 0 Å². The molecule has 1 heterocycles. The summed E-state index contributed by atoms with van der Waals surface area (Å²) in [6.07, 6.45) is 0. The van der Waals surface area contributed by atoms with Gasteiger partial charge in [0.25, 0.3) is 5.91 Å². The summed E-state index contributed by atoms with van der Waals surface area (Å²) < 4.78 is 3.07. The van der Waals surface area contributed by atoms with E-state index < -0.39 is 0 Å². The maximum Gasteiger partial charge on any atom is 0.251 e. The fourth-order valence-corrected chi connectivity index (χ4v) is 2.22. The number of aromatic nitrogens is 3. The predicted molar refractivity (Wildman–Crippen MR) is 83.7 cm³/mol. The van der Waals surface area contributed by atoms with Crippen molar-refractivity contribution in [2.75, 3.05) is 0 Å². The molecule has 0 aliphatic heterocycles. The minimum absolute atomic E-state index is 0.177. The number of amides is 1. The quantitative estimate of drug-likeness (QED) is 0.606. The highest BCUT2D eigenvalue weighted by molar-refractivity contribution is 14.1. The predicted octanol–water partition coefficient (Wildman–Crippen LogP) is 2.67. The number of hydrogen-bond acceptors (Lipinski definition) is 3. The lowest BCUT2D eigenvalue weighted by atomic mass is 10.2. The van der Waals surface area contributed by atoms with Crippen molar-refractivity contribution in [3.63, 3.8) is 0 Å². The Morgan fingerprint density at radius 2 is 2.37 bits per heavy atom. The zero-order valence-electron chi connectivity index (χ0n) is 9.91. The Labute approximate surface area is 133 Å². The van der Waals surface area contributed by atoms with Crippen LogP contribution in [0.15, 0.2) is 18.2 Å². The van der Waals surface area contributed by atoms with Gasteiger partial charge in [0.1, 0.15) is 0 Å². The van der Waals surface area contributed by atoms with Gasteiger partial charge in [0.15, 0.2) is 10.6 Å². The SMILES string of the molecule is Cn1c(CNC(=O)c2ccc(Cl)c(I)c2)n[nH]c1=S. The molecule has 0 fully saturated rings. The smallest absolute Gasteiger partial charge is 0.251 e. The average Bonchev–Trinajstić information content (AvgIpc) is 2.70. The first-order valence-electron chi connectivity index (χ1n) is 5.32. The molecule has 0 spiro atoms. The molecule has 0 aliphatic rings. The van der Waals surface area contributed by atoms with Crippen LogP contribution < -0.4 is 5.32 Å². The molecule has 8 heteroatoms. The van der Waals surface area contributed by atoms with Crippen LogP contribution in [0.5, 0.6) is 0 Å². The molecule has 2 rings (SSSR count). The van der Waals surface area contributed by atoms with Crippen molar-refractivity contribution in [2.45, 2.75) is 6.54 Å². The number of carbonyl (C=O) groups is 1. The Kier molecular flexibility index (Phi) is 4.58. The molecule has 0 atom stereocenters. The molecular formula is C11H10ClIN4OS. The van der Waals surface area contributed by atoms with E-state index in [0.29, 0.717) is 27.7 Å². The highest BCUT2D eigenvalue weighted by Crippen LogP contribution is 2.19. The summed E-state index contributed by atoms with van der Waals surface area (Å²) in [6, 6.07) is 5.12. The molecule has 0 radical (unpaired) electrons. The number of hydrogen-bond donors (Lipinski definition) is 2. The van der Waals surface area contributed by atoms with Crippen molar-refractivity contribution in [1.29, 1.82) is 0 Å². The largest absolute Gasteiger partial charge is 0.345 e. The van der Waals surface area contributed by atoms with Gasteiger partial charge in [0, 0.05) is 16.2 Å². The van der Waals surface area contributed by atoms with Crippen molar-refractivity contribution in [1.82, 2.24) is 20.1 Å². The molecule has 0 aliphatic carbocycles. The fourth-order valence-electron chi connectivity index (χ4n) is 1.44. The Bertz CT molecular complexity index is 682. The van der Waals surface area contributed by atoms with Crippen molar-refractivity contribution in [3.8, 4) is 0 Å². The van der Waals surface area contributed by atoms with E-state index in [2.05, 4.69) is 38.1 Å². The van der Waals surface area contributed by atoms with Gasteiger partial charge in [-0.1, -0.05) is 11.6 Å². The lowest BCUT2D eigenvalue weighted by Gasteiger charge is -2.05. The molecule has 0 saturated heterocycles. The summed E-state index contributed by atoms with van der Waals surface area (Å²) in [4.78, 5) is 12.0. The van der Waals surface area contributed by atoms with Crippen LogP contribution in [-0.2, 0) is 13.6 Å². The van der Waals surface area contributed by atoms with Gasteiger partial charge in [0.2, 0.25) is 0 Å². The number of H-pyrrole nitrogens is 1. The van der Waals surface area contributed by atoms with Crippen LogP contribution in [0.25, 0.3) is 0 Å². The maximum absolute atomic E-state index is 12.0.